The Kier molecular flexibility index (Phi) is 8.85. The minimum atomic E-state index is -5.45. The quantitative estimate of drug-likeness (QED) is 0.301. The average Bonchev–Trinajstić information content (AvgIpc) is 2.86. The van der Waals surface area contributed by atoms with Crippen molar-refractivity contribution in [3.63, 3.8) is 0 Å². The van der Waals surface area contributed by atoms with E-state index in [4.69, 9.17) is 0 Å². The molecule has 4 rings (SSSR count). The summed E-state index contributed by atoms with van der Waals surface area (Å²) >= 11 is 0. The molecule has 0 radical (unpaired) electrons. The molecule has 0 aromatic heterocycles. The Bertz CT molecular complexity index is 972. The number of ether oxygens (including phenoxy) is 2. The Morgan fingerprint density at radius 3 is 1.97 bits per heavy atom. The monoisotopic (exact) mass is 548 g/mol. The van der Waals surface area contributed by atoms with Crippen LogP contribution < -0.4 is 0 Å². The summed E-state index contributed by atoms with van der Waals surface area (Å²) in [6.07, 6.45) is 0.677. The zero-order valence-electron chi connectivity index (χ0n) is 21.5. The van der Waals surface area contributed by atoms with Crippen LogP contribution in [-0.4, -0.2) is 18.4 Å². The molecule has 0 N–H and O–H groups in total. The zero-order valence-corrected chi connectivity index (χ0v) is 21.5. The van der Waals surface area contributed by atoms with Gasteiger partial charge in [0.15, 0.2) is 6.17 Å². The van der Waals surface area contributed by atoms with Crippen LogP contribution in [0.2, 0.25) is 0 Å². The minimum absolute atomic E-state index is 0.0763. The topological polar surface area (TPSA) is 18.5 Å². The van der Waals surface area contributed by atoms with Crippen molar-refractivity contribution in [2.24, 2.45) is 17.8 Å². The lowest BCUT2D eigenvalue weighted by Crippen LogP contribution is -2.41. The predicted octanol–water partition coefficient (Wildman–Crippen LogP) is 9.63. The van der Waals surface area contributed by atoms with Crippen LogP contribution in [-0.2, 0) is 15.6 Å². The van der Waals surface area contributed by atoms with Crippen molar-refractivity contribution in [1.82, 2.24) is 0 Å². The second-order valence-corrected chi connectivity index (χ2v) is 11.0. The van der Waals surface area contributed by atoms with Crippen LogP contribution in [0.3, 0.4) is 0 Å². The van der Waals surface area contributed by atoms with Gasteiger partial charge in [0.1, 0.15) is 5.76 Å². The van der Waals surface area contributed by atoms with Gasteiger partial charge in [0, 0.05) is 0 Å². The van der Waals surface area contributed by atoms with Gasteiger partial charge in [0.05, 0.1) is 5.56 Å². The van der Waals surface area contributed by atoms with Gasteiger partial charge < -0.3 is 4.74 Å². The van der Waals surface area contributed by atoms with Crippen LogP contribution >= 0.6 is 0 Å². The van der Waals surface area contributed by atoms with Crippen molar-refractivity contribution in [3.05, 3.63) is 59.4 Å². The third-order valence-corrected chi connectivity index (χ3v) is 8.42. The van der Waals surface area contributed by atoms with E-state index in [0.29, 0.717) is 12.0 Å². The molecule has 1 aromatic carbocycles. The summed E-state index contributed by atoms with van der Waals surface area (Å²) in [5, 5.41) is 0. The van der Waals surface area contributed by atoms with Gasteiger partial charge in [-0.25, -0.2) is 13.5 Å². The first kappa shape index (κ1) is 29.0. The molecule has 1 aromatic rings. The molecule has 0 bridgehead atoms. The Labute approximate surface area is 219 Å². The van der Waals surface area contributed by atoms with Gasteiger partial charge in [-0.1, -0.05) is 44.7 Å². The molecule has 0 saturated heterocycles. The number of hydrogen-bond donors (Lipinski definition) is 0. The largest absolute Gasteiger partial charge is 0.525 e. The SMILES string of the molecule is CCCC1CCC(C2CCC(c3ccc(C(F)(F)OC4=CC(F)C(F)(OC(F)(F)F)C=C4)cc3)CC2)CC1. The van der Waals surface area contributed by atoms with Crippen molar-refractivity contribution < 1.29 is 40.2 Å². The summed E-state index contributed by atoms with van der Waals surface area (Å²) < 4.78 is 102. The summed E-state index contributed by atoms with van der Waals surface area (Å²) in [5.74, 6) is -1.92. The number of halogens is 7. The van der Waals surface area contributed by atoms with Crippen LogP contribution in [0, 0.1) is 17.8 Å². The lowest BCUT2D eigenvalue weighted by molar-refractivity contribution is -0.388. The molecule has 212 valence electrons. The number of allylic oxidation sites excluding steroid dienone is 1. The number of alkyl halides is 7. The van der Waals surface area contributed by atoms with Crippen molar-refractivity contribution in [2.75, 3.05) is 0 Å². The van der Waals surface area contributed by atoms with Gasteiger partial charge in [-0.3, -0.25) is 0 Å². The maximum Gasteiger partial charge on any atom is 0.525 e. The fourth-order valence-corrected chi connectivity index (χ4v) is 6.37. The Balaban J connectivity index is 1.30. The molecule has 0 spiro atoms. The molecule has 2 fully saturated rings. The first-order chi connectivity index (χ1) is 17.9. The summed E-state index contributed by atoms with van der Waals surface area (Å²) in [7, 11) is 0. The maximum atomic E-state index is 14.7. The fourth-order valence-electron chi connectivity index (χ4n) is 6.37. The van der Waals surface area contributed by atoms with Gasteiger partial charge in [0.25, 0.3) is 5.85 Å². The van der Waals surface area contributed by atoms with E-state index in [-0.39, 0.29) is 12.2 Å². The van der Waals surface area contributed by atoms with E-state index in [9.17, 15) is 30.7 Å². The lowest BCUT2D eigenvalue weighted by Gasteiger charge is -2.38. The lowest BCUT2D eigenvalue weighted by atomic mass is 9.68. The molecular formula is C29H35F7O2. The molecule has 2 unspecified atom stereocenters. The fraction of sp³-hybridized carbons (Fsp3) is 0.655. The molecule has 9 heteroatoms. The Morgan fingerprint density at radius 2 is 1.45 bits per heavy atom. The first-order valence-corrected chi connectivity index (χ1v) is 13.6. The van der Waals surface area contributed by atoms with E-state index in [2.05, 4.69) is 16.4 Å². The van der Waals surface area contributed by atoms with Gasteiger partial charge in [-0.15, -0.1) is 13.2 Å². The van der Waals surface area contributed by atoms with Crippen LogP contribution in [0.4, 0.5) is 30.7 Å². The summed E-state index contributed by atoms with van der Waals surface area (Å²) in [6.45, 7) is 2.25. The highest BCUT2D eigenvalue weighted by molar-refractivity contribution is 5.30. The second-order valence-electron chi connectivity index (χ2n) is 11.0. The van der Waals surface area contributed by atoms with Crippen LogP contribution in [0.25, 0.3) is 0 Å². The molecule has 3 aliphatic carbocycles. The molecule has 0 amide bonds. The standard InChI is InChI=1S/C29H35F7O2/c1-2-3-19-4-6-20(7-5-19)21-8-10-22(11-9-21)23-12-14-24(15-13-23)28(32,33)37-25-16-17-27(31,26(30)18-25)38-29(34,35)36/h12-22,26H,2-11H2,1H3. The van der Waals surface area contributed by atoms with Crippen LogP contribution in [0.15, 0.2) is 48.3 Å². The summed E-state index contributed by atoms with van der Waals surface area (Å²) in [5.41, 5.74) is 0.480. The van der Waals surface area contributed by atoms with Gasteiger partial charge in [0.2, 0.25) is 0 Å². The molecule has 0 heterocycles. The van der Waals surface area contributed by atoms with Crippen molar-refractivity contribution in [1.29, 1.82) is 0 Å². The highest BCUT2D eigenvalue weighted by Gasteiger charge is 2.50. The van der Waals surface area contributed by atoms with Crippen LogP contribution in [0.5, 0.6) is 0 Å². The highest BCUT2D eigenvalue weighted by atomic mass is 19.4. The van der Waals surface area contributed by atoms with Gasteiger partial charge in [-0.05, 0) is 98.1 Å². The van der Waals surface area contributed by atoms with Gasteiger partial charge in [-0.2, -0.15) is 8.78 Å². The molecule has 0 aliphatic heterocycles. The Hall–Kier alpha value is -2.03. The van der Waals surface area contributed by atoms with E-state index in [1.54, 1.807) is 12.1 Å². The molecule has 2 saturated carbocycles. The van der Waals surface area contributed by atoms with Crippen molar-refractivity contribution in [3.8, 4) is 0 Å². The molecule has 38 heavy (non-hydrogen) atoms. The van der Waals surface area contributed by atoms with E-state index in [0.717, 1.165) is 49.0 Å². The van der Waals surface area contributed by atoms with Crippen molar-refractivity contribution >= 4 is 0 Å². The smallest absolute Gasteiger partial charge is 0.429 e. The predicted molar refractivity (Wildman–Crippen MR) is 130 cm³/mol. The van der Waals surface area contributed by atoms with E-state index in [1.807, 2.05) is 0 Å². The normalized spacial score (nSPS) is 32.6. The summed E-state index contributed by atoms with van der Waals surface area (Å²) in [6, 6.07) is 5.76. The average molecular weight is 549 g/mol. The van der Waals surface area contributed by atoms with E-state index >= 15 is 0 Å². The summed E-state index contributed by atoms with van der Waals surface area (Å²) in [4.78, 5) is 0. The Morgan fingerprint density at radius 1 is 0.868 bits per heavy atom. The molecule has 2 nitrogen and oxygen atoms in total. The molecule has 3 aliphatic rings. The highest BCUT2D eigenvalue weighted by Crippen LogP contribution is 2.45. The zero-order chi connectivity index (χ0) is 27.6. The van der Waals surface area contributed by atoms with E-state index < -0.39 is 35.8 Å². The van der Waals surface area contributed by atoms with Crippen molar-refractivity contribution in [2.45, 2.75) is 102 Å². The van der Waals surface area contributed by atoms with Crippen LogP contribution in [0.1, 0.15) is 88.2 Å². The minimum Gasteiger partial charge on any atom is -0.429 e. The number of hydrogen-bond acceptors (Lipinski definition) is 2. The van der Waals surface area contributed by atoms with E-state index in [1.165, 1.54) is 50.7 Å². The number of benzene rings is 1. The van der Waals surface area contributed by atoms with Gasteiger partial charge >= 0.3 is 12.5 Å². The third kappa shape index (κ3) is 7.13. The third-order valence-electron chi connectivity index (χ3n) is 8.42. The number of rotatable bonds is 8. The molecule has 2 atom stereocenters. The first-order valence-electron chi connectivity index (χ1n) is 13.6. The second kappa shape index (κ2) is 11.6. The molecular weight excluding hydrogens is 513 g/mol. The maximum absolute atomic E-state index is 14.7.